The molecule has 3 aromatic heterocycles. The third-order valence-corrected chi connectivity index (χ3v) is 5.07. The van der Waals surface area contributed by atoms with Gasteiger partial charge in [0.05, 0.1) is 12.8 Å². The summed E-state index contributed by atoms with van der Waals surface area (Å²) < 4.78 is 14.3. The lowest BCUT2D eigenvalue weighted by Gasteiger charge is -2.09. The van der Waals surface area contributed by atoms with Gasteiger partial charge in [0.2, 0.25) is 11.8 Å². The standard InChI is InChI=1S/C22H23N7O3/c1-13-14(2)26-29(15(13)3)19-10-20(24-12-23-19)32-17-8-6-16(7-9-17)25-21(30)18-11-28(4)27-22(18)31-5/h6-12H,1-5H3,(H,25,30). The Balaban J connectivity index is 1.47. The summed E-state index contributed by atoms with van der Waals surface area (Å²) in [5.41, 5.74) is 4.04. The summed E-state index contributed by atoms with van der Waals surface area (Å²) in [4.78, 5) is 21.0. The molecule has 0 aliphatic rings. The van der Waals surface area contributed by atoms with Crippen LogP contribution < -0.4 is 14.8 Å². The monoisotopic (exact) mass is 433 g/mol. The van der Waals surface area contributed by atoms with Gasteiger partial charge in [-0.3, -0.25) is 9.48 Å². The molecule has 4 rings (SSSR count). The molecule has 0 fully saturated rings. The minimum atomic E-state index is -0.316. The summed E-state index contributed by atoms with van der Waals surface area (Å²) in [6.07, 6.45) is 3.04. The molecule has 164 valence electrons. The SMILES string of the molecule is COc1nn(C)cc1C(=O)Nc1ccc(Oc2cc(-n3nc(C)c(C)c3C)ncn2)cc1. The highest BCUT2D eigenvalue weighted by Gasteiger charge is 2.16. The van der Waals surface area contributed by atoms with Crippen LogP contribution in [0.15, 0.2) is 42.9 Å². The predicted octanol–water partition coefficient (Wildman–Crippen LogP) is 3.37. The van der Waals surface area contributed by atoms with Crippen molar-refractivity contribution in [1.29, 1.82) is 0 Å². The Kier molecular flexibility index (Phi) is 5.59. The van der Waals surface area contributed by atoms with Crippen LogP contribution in [0.3, 0.4) is 0 Å². The maximum Gasteiger partial charge on any atom is 0.262 e. The summed E-state index contributed by atoms with van der Waals surface area (Å²) in [5, 5.41) is 11.4. The Morgan fingerprint density at radius 2 is 1.81 bits per heavy atom. The molecule has 0 saturated heterocycles. The second-order valence-electron chi connectivity index (χ2n) is 7.23. The van der Waals surface area contributed by atoms with E-state index in [2.05, 4.69) is 25.5 Å². The molecular weight excluding hydrogens is 410 g/mol. The van der Waals surface area contributed by atoms with E-state index >= 15 is 0 Å². The second kappa shape index (κ2) is 8.50. The molecule has 32 heavy (non-hydrogen) atoms. The van der Waals surface area contributed by atoms with Crippen molar-refractivity contribution < 1.29 is 14.3 Å². The lowest BCUT2D eigenvalue weighted by Crippen LogP contribution is -2.12. The topological polar surface area (TPSA) is 109 Å². The third kappa shape index (κ3) is 4.15. The van der Waals surface area contributed by atoms with Gasteiger partial charge in [-0.1, -0.05) is 0 Å². The van der Waals surface area contributed by atoms with Crippen LogP contribution in [-0.2, 0) is 7.05 Å². The van der Waals surface area contributed by atoms with Gasteiger partial charge in [0.1, 0.15) is 17.6 Å². The fourth-order valence-electron chi connectivity index (χ4n) is 3.15. The van der Waals surface area contributed by atoms with Crippen LogP contribution in [-0.4, -0.2) is 42.5 Å². The van der Waals surface area contributed by atoms with Gasteiger partial charge >= 0.3 is 0 Å². The highest BCUT2D eigenvalue weighted by atomic mass is 16.5. The Bertz CT molecular complexity index is 1280. The third-order valence-electron chi connectivity index (χ3n) is 5.07. The number of benzene rings is 1. The molecule has 10 nitrogen and oxygen atoms in total. The average molecular weight is 433 g/mol. The highest BCUT2D eigenvalue weighted by molar-refractivity contribution is 6.05. The Morgan fingerprint density at radius 3 is 2.47 bits per heavy atom. The number of carbonyl (C=O) groups is 1. The number of anilines is 1. The highest BCUT2D eigenvalue weighted by Crippen LogP contribution is 2.24. The molecule has 0 atom stereocenters. The number of hydrogen-bond donors (Lipinski definition) is 1. The molecule has 1 amide bonds. The molecule has 0 aliphatic heterocycles. The maximum atomic E-state index is 12.5. The molecule has 0 aliphatic carbocycles. The van der Waals surface area contributed by atoms with Crippen LogP contribution in [0.1, 0.15) is 27.3 Å². The zero-order chi connectivity index (χ0) is 22.8. The van der Waals surface area contributed by atoms with Gasteiger partial charge in [0, 0.05) is 30.7 Å². The summed E-state index contributed by atoms with van der Waals surface area (Å²) in [6, 6.07) is 8.69. The number of carbonyl (C=O) groups excluding carboxylic acids is 1. The Morgan fingerprint density at radius 1 is 1.06 bits per heavy atom. The van der Waals surface area contributed by atoms with Gasteiger partial charge in [-0.2, -0.15) is 5.10 Å². The van der Waals surface area contributed by atoms with Gasteiger partial charge in [-0.15, -0.1) is 5.10 Å². The molecule has 1 N–H and O–H groups in total. The van der Waals surface area contributed by atoms with Crippen LogP contribution in [0.2, 0.25) is 0 Å². The minimum Gasteiger partial charge on any atom is -0.479 e. The fourth-order valence-corrected chi connectivity index (χ4v) is 3.15. The molecule has 1 aromatic carbocycles. The van der Waals surface area contributed by atoms with Crippen molar-refractivity contribution in [3.8, 4) is 23.3 Å². The molecule has 0 bridgehead atoms. The van der Waals surface area contributed by atoms with Crippen LogP contribution >= 0.6 is 0 Å². The number of aromatic nitrogens is 6. The van der Waals surface area contributed by atoms with E-state index in [-0.39, 0.29) is 11.8 Å². The largest absolute Gasteiger partial charge is 0.479 e. The summed E-state index contributed by atoms with van der Waals surface area (Å²) >= 11 is 0. The van der Waals surface area contributed by atoms with Crippen molar-refractivity contribution in [3.63, 3.8) is 0 Å². The van der Waals surface area contributed by atoms with E-state index in [0.717, 1.165) is 17.0 Å². The summed E-state index contributed by atoms with van der Waals surface area (Å²) in [6.45, 7) is 5.98. The number of nitrogens with one attached hydrogen (secondary N) is 1. The number of ether oxygens (including phenoxy) is 2. The number of methoxy groups -OCH3 is 1. The van der Waals surface area contributed by atoms with Crippen molar-refractivity contribution in [2.45, 2.75) is 20.8 Å². The second-order valence-corrected chi connectivity index (χ2v) is 7.23. The van der Waals surface area contributed by atoms with Crippen molar-refractivity contribution >= 4 is 11.6 Å². The van der Waals surface area contributed by atoms with Crippen LogP contribution in [0.4, 0.5) is 5.69 Å². The molecule has 0 spiro atoms. The van der Waals surface area contributed by atoms with E-state index in [9.17, 15) is 4.79 Å². The van der Waals surface area contributed by atoms with Crippen molar-refractivity contribution in [3.05, 3.63) is 65.4 Å². The zero-order valence-corrected chi connectivity index (χ0v) is 18.4. The van der Waals surface area contributed by atoms with Crippen molar-refractivity contribution in [2.24, 2.45) is 7.05 Å². The number of hydrogen-bond acceptors (Lipinski definition) is 7. The molecule has 10 heteroatoms. The Hall–Kier alpha value is -4.21. The first kappa shape index (κ1) is 21.0. The minimum absolute atomic E-state index is 0.266. The molecule has 0 saturated carbocycles. The van der Waals surface area contributed by atoms with Gasteiger partial charge in [0.15, 0.2) is 5.82 Å². The zero-order valence-electron chi connectivity index (χ0n) is 18.4. The van der Waals surface area contributed by atoms with E-state index < -0.39 is 0 Å². The summed E-state index contributed by atoms with van der Waals surface area (Å²) in [5.74, 6) is 1.53. The first-order chi connectivity index (χ1) is 15.4. The molecular formula is C22H23N7O3. The summed E-state index contributed by atoms with van der Waals surface area (Å²) in [7, 11) is 3.19. The van der Waals surface area contributed by atoms with Gasteiger partial charge in [0.25, 0.3) is 5.91 Å². The number of amides is 1. The molecule has 4 aromatic rings. The average Bonchev–Trinajstić information content (AvgIpc) is 3.30. The predicted molar refractivity (Wildman–Crippen MR) is 118 cm³/mol. The van der Waals surface area contributed by atoms with Crippen LogP contribution in [0.25, 0.3) is 5.82 Å². The van der Waals surface area contributed by atoms with Crippen LogP contribution in [0, 0.1) is 20.8 Å². The smallest absolute Gasteiger partial charge is 0.262 e. The first-order valence-electron chi connectivity index (χ1n) is 9.88. The normalized spacial score (nSPS) is 10.8. The van der Waals surface area contributed by atoms with Crippen LogP contribution in [0.5, 0.6) is 17.5 Å². The Labute approximate surface area is 184 Å². The molecule has 3 heterocycles. The van der Waals surface area contributed by atoms with E-state index in [1.165, 1.54) is 18.1 Å². The van der Waals surface area contributed by atoms with Gasteiger partial charge in [-0.05, 0) is 50.6 Å². The van der Waals surface area contributed by atoms with E-state index in [4.69, 9.17) is 9.47 Å². The van der Waals surface area contributed by atoms with Crippen molar-refractivity contribution in [2.75, 3.05) is 12.4 Å². The van der Waals surface area contributed by atoms with Gasteiger partial charge in [-0.25, -0.2) is 14.6 Å². The number of rotatable bonds is 6. The maximum absolute atomic E-state index is 12.5. The lowest BCUT2D eigenvalue weighted by atomic mass is 10.2. The quantitative estimate of drug-likeness (QED) is 0.496. The van der Waals surface area contributed by atoms with Crippen molar-refractivity contribution in [1.82, 2.24) is 29.5 Å². The van der Waals surface area contributed by atoms with E-state index in [1.807, 2.05) is 20.8 Å². The fraction of sp³-hybridized carbons (Fsp3) is 0.227. The number of aryl methyl sites for hydroxylation is 2. The van der Waals surface area contributed by atoms with E-state index in [1.54, 1.807) is 48.3 Å². The lowest BCUT2D eigenvalue weighted by molar-refractivity contribution is 0.102. The first-order valence-corrected chi connectivity index (χ1v) is 9.88. The van der Waals surface area contributed by atoms with E-state index in [0.29, 0.717) is 28.7 Å². The van der Waals surface area contributed by atoms with Gasteiger partial charge < -0.3 is 14.8 Å². The number of nitrogens with zero attached hydrogens (tertiary/aromatic N) is 6. The molecule has 0 radical (unpaired) electrons. The molecule has 0 unspecified atom stereocenters.